The van der Waals surface area contributed by atoms with Crippen LogP contribution in [0.5, 0.6) is 0 Å². The molecule has 16 heavy (non-hydrogen) atoms. The standard InChI is InChI=1S/C12H14N4/c1-2-15-12(10-7-13-9-14-8-10)11-5-3-4-6-16-11/h3-9,12,15H,2H2,1H3. The molecule has 0 spiro atoms. The molecule has 82 valence electrons. The lowest BCUT2D eigenvalue weighted by Gasteiger charge is -2.16. The van der Waals surface area contributed by atoms with Gasteiger partial charge in [0, 0.05) is 24.2 Å². The van der Waals surface area contributed by atoms with E-state index in [9.17, 15) is 0 Å². The van der Waals surface area contributed by atoms with E-state index in [2.05, 4.69) is 27.2 Å². The van der Waals surface area contributed by atoms with Gasteiger partial charge in [-0.3, -0.25) is 4.98 Å². The van der Waals surface area contributed by atoms with Gasteiger partial charge in [-0.15, -0.1) is 0 Å². The summed E-state index contributed by atoms with van der Waals surface area (Å²) in [5.41, 5.74) is 2.02. The van der Waals surface area contributed by atoms with Crippen LogP contribution in [0.4, 0.5) is 0 Å². The maximum atomic E-state index is 4.36. The van der Waals surface area contributed by atoms with Gasteiger partial charge in [0.1, 0.15) is 6.33 Å². The Bertz CT molecular complexity index is 376. The third kappa shape index (κ3) is 2.41. The Morgan fingerprint density at radius 1 is 1.25 bits per heavy atom. The van der Waals surface area contributed by atoms with Crippen molar-refractivity contribution in [2.75, 3.05) is 6.54 Å². The highest BCUT2D eigenvalue weighted by Gasteiger charge is 2.13. The lowest BCUT2D eigenvalue weighted by molar-refractivity contribution is 0.611. The number of nitrogens with zero attached hydrogens (tertiary/aromatic N) is 3. The summed E-state index contributed by atoms with van der Waals surface area (Å²) < 4.78 is 0. The molecule has 0 amide bonds. The van der Waals surface area contributed by atoms with Crippen molar-refractivity contribution in [1.82, 2.24) is 20.3 Å². The molecule has 0 aliphatic rings. The van der Waals surface area contributed by atoms with E-state index in [-0.39, 0.29) is 6.04 Å². The first kappa shape index (κ1) is 10.7. The van der Waals surface area contributed by atoms with E-state index in [0.29, 0.717) is 0 Å². The molecule has 1 atom stereocenters. The predicted molar refractivity (Wildman–Crippen MR) is 61.8 cm³/mol. The van der Waals surface area contributed by atoms with Crippen molar-refractivity contribution >= 4 is 0 Å². The molecule has 1 N–H and O–H groups in total. The van der Waals surface area contributed by atoms with Gasteiger partial charge in [-0.1, -0.05) is 13.0 Å². The summed E-state index contributed by atoms with van der Waals surface area (Å²) in [5, 5.41) is 3.37. The fourth-order valence-electron chi connectivity index (χ4n) is 1.60. The second-order valence-electron chi connectivity index (χ2n) is 3.42. The summed E-state index contributed by atoms with van der Waals surface area (Å²) in [6.07, 6.45) is 6.96. The van der Waals surface area contributed by atoms with E-state index >= 15 is 0 Å². The molecule has 0 aliphatic carbocycles. The fraction of sp³-hybridized carbons (Fsp3) is 0.250. The SMILES string of the molecule is CCNC(c1cncnc1)c1ccccn1. The Hall–Kier alpha value is -1.81. The van der Waals surface area contributed by atoms with Crippen LogP contribution in [-0.2, 0) is 0 Å². The maximum Gasteiger partial charge on any atom is 0.115 e. The van der Waals surface area contributed by atoms with E-state index in [1.807, 2.05) is 30.6 Å². The molecule has 2 heterocycles. The van der Waals surface area contributed by atoms with Crippen LogP contribution in [0.15, 0.2) is 43.1 Å². The van der Waals surface area contributed by atoms with Gasteiger partial charge in [0.25, 0.3) is 0 Å². The minimum absolute atomic E-state index is 0.0624. The molecule has 0 saturated heterocycles. The predicted octanol–water partition coefficient (Wildman–Crippen LogP) is 1.57. The fourth-order valence-corrected chi connectivity index (χ4v) is 1.60. The second-order valence-corrected chi connectivity index (χ2v) is 3.42. The lowest BCUT2D eigenvalue weighted by atomic mass is 10.1. The average molecular weight is 214 g/mol. The van der Waals surface area contributed by atoms with Crippen LogP contribution in [0.25, 0.3) is 0 Å². The summed E-state index contributed by atoms with van der Waals surface area (Å²) in [7, 11) is 0. The summed E-state index contributed by atoms with van der Waals surface area (Å²) in [5.74, 6) is 0. The minimum Gasteiger partial charge on any atom is -0.305 e. The number of hydrogen-bond acceptors (Lipinski definition) is 4. The Morgan fingerprint density at radius 3 is 2.69 bits per heavy atom. The van der Waals surface area contributed by atoms with Crippen molar-refractivity contribution in [1.29, 1.82) is 0 Å². The third-order valence-electron chi connectivity index (χ3n) is 2.31. The highest BCUT2D eigenvalue weighted by Crippen LogP contribution is 2.17. The van der Waals surface area contributed by atoms with Crippen molar-refractivity contribution in [3.05, 3.63) is 54.4 Å². The largest absolute Gasteiger partial charge is 0.305 e. The van der Waals surface area contributed by atoms with Gasteiger partial charge in [-0.05, 0) is 18.7 Å². The number of nitrogens with one attached hydrogen (secondary N) is 1. The van der Waals surface area contributed by atoms with Gasteiger partial charge in [0.2, 0.25) is 0 Å². The zero-order chi connectivity index (χ0) is 11.2. The van der Waals surface area contributed by atoms with Crippen LogP contribution in [0.2, 0.25) is 0 Å². The van der Waals surface area contributed by atoms with Gasteiger partial charge in [0.15, 0.2) is 0 Å². The lowest BCUT2D eigenvalue weighted by Crippen LogP contribution is -2.23. The van der Waals surface area contributed by atoms with Crippen molar-refractivity contribution in [2.24, 2.45) is 0 Å². The highest BCUT2D eigenvalue weighted by molar-refractivity contribution is 5.22. The van der Waals surface area contributed by atoms with Gasteiger partial charge in [-0.25, -0.2) is 9.97 Å². The van der Waals surface area contributed by atoms with Crippen LogP contribution in [-0.4, -0.2) is 21.5 Å². The van der Waals surface area contributed by atoms with Gasteiger partial charge < -0.3 is 5.32 Å². The van der Waals surface area contributed by atoms with E-state index in [1.54, 1.807) is 6.20 Å². The number of pyridine rings is 1. The first-order valence-electron chi connectivity index (χ1n) is 5.31. The van der Waals surface area contributed by atoms with Crippen LogP contribution in [0, 0.1) is 0 Å². The van der Waals surface area contributed by atoms with Gasteiger partial charge in [0.05, 0.1) is 11.7 Å². The molecular formula is C12H14N4. The third-order valence-corrected chi connectivity index (χ3v) is 2.31. The molecular weight excluding hydrogens is 200 g/mol. The zero-order valence-corrected chi connectivity index (χ0v) is 9.17. The van der Waals surface area contributed by atoms with Crippen molar-refractivity contribution in [2.45, 2.75) is 13.0 Å². The molecule has 1 unspecified atom stereocenters. The summed E-state index contributed by atoms with van der Waals surface area (Å²) in [6, 6.07) is 5.96. The van der Waals surface area contributed by atoms with Gasteiger partial charge in [-0.2, -0.15) is 0 Å². The first-order chi connectivity index (χ1) is 7.92. The molecule has 0 aromatic carbocycles. The smallest absolute Gasteiger partial charge is 0.115 e. The molecule has 2 aromatic heterocycles. The highest BCUT2D eigenvalue weighted by atomic mass is 14.9. The quantitative estimate of drug-likeness (QED) is 0.839. The van der Waals surface area contributed by atoms with Gasteiger partial charge >= 0.3 is 0 Å². The molecule has 0 aliphatic heterocycles. The average Bonchev–Trinajstić information content (AvgIpc) is 2.38. The second kappa shape index (κ2) is 5.32. The summed E-state index contributed by atoms with van der Waals surface area (Å²) in [6.45, 7) is 2.94. The Labute approximate surface area is 94.8 Å². The number of hydrogen-bond donors (Lipinski definition) is 1. The van der Waals surface area contributed by atoms with Crippen LogP contribution < -0.4 is 5.32 Å². The zero-order valence-electron chi connectivity index (χ0n) is 9.17. The molecule has 0 radical (unpaired) electrons. The van der Waals surface area contributed by atoms with Crippen LogP contribution in [0.3, 0.4) is 0 Å². The Morgan fingerprint density at radius 2 is 2.06 bits per heavy atom. The monoisotopic (exact) mass is 214 g/mol. The minimum atomic E-state index is 0.0624. The molecule has 0 fully saturated rings. The van der Waals surface area contributed by atoms with Crippen molar-refractivity contribution < 1.29 is 0 Å². The van der Waals surface area contributed by atoms with E-state index in [1.165, 1.54) is 6.33 Å². The molecule has 2 rings (SSSR count). The summed E-state index contributed by atoms with van der Waals surface area (Å²) in [4.78, 5) is 12.4. The summed E-state index contributed by atoms with van der Waals surface area (Å²) >= 11 is 0. The normalized spacial score (nSPS) is 12.3. The van der Waals surface area contributed by atoms with Crippen LogP contribution in [0.1, 0.15) is 24.2 Å². The van der Waals surface area contributed by atoms with E-state index in [0.717, 1.165) is 17.8 Å². The molecule has 2 aromatic rings. The number of aromatic nitrogens is 3. The Kier molecular flexibility index (Phi) is 3.56. The maximum absolute atomic E-state index is 4.36. The van der Waals surface area contributed by atoms with Crippen molar-refractivity contribution in [3.63, 3.8) is 0 Å². The van der Waals surface area contributed by atoms with Crippen LogP contribution >= 0.6 is 0 Å². The van der Waals surface area contributed by atoms with Crippen molar-refractivity contribution in [3.8, 4) is 0 Å². The molecule has 0 saturated carbocycles. The topological polar surface area (TPSA) is 50.7 Å². The molecule has 4 nitrogen and oxygen atoms in total. The first-order valence-corrected chi connectivity index (χ1v) is 5.31. The Balaban J connectivity index is 2.31. The molecule has 4 heteroatoms. The molecule has 0 bridgehead atoms. The van der Waals surface area contributed by atoms with E-state index < -0.39 is 0 Å². The number of rotatable bonds is 4. The van der Waals surface area contributed by atoms with E-state index in [4.69, 9.17) is 0 Å².